The summed E-state index contributed by atoms with van der Waals surface area (Å²) in [5, 5.41) is 2.97. The minimum atomic E-state index is -0.640. The zero-order valence-corrected chi connectivity index (χ0v) is 20.2. The van der Waals surface area contributed by atoms with Gasteiger partial charge < -0.3 is 19.7 Å². The van der Waals surface area contributed by atoms with Crippen LogP contribution in [-0.4, -0.2) is 37.0 Å². The van der Waals surface area contributed by atoms with Crippen molar-refractivity contribution in [1.82, 2.24) is 10.2 Å². The maximum Gasteiger partial charge on any atom is 0.242 e. The van der Waals surface area contributed by atoms with Gasteiger partial charge in [0.1, 0.15) is 6.04 Å². The number of benzene rings is 3. The summed E-state index contributed by atoms with van der Waals surface area (Å²) in [6.45, 7) is 4.54. The van der Waals surface area contributed by atoms with Gasteiger partial charge in [0, 0.05) is 13.1 Å². The zero-order chi connectivity index (χ0) is 24.5. The molecule has 1 N–H and O–H groups in total. The first-order valence-electron chi connectivity index (χ1n) is 11.3. The van der Waals surface area contributed by atoms with Crippen molar-refractivity contribution in [3.63, 3.8) is 0 Å². The van der Waals surface area contributed by atoms with E-state index in [-0.39, 0.29) is 18.2 Å². The molecule has 0 spiro atoms. The Labute approximate surface area is 201 Å². The van der Waals surface area contributed by atoms with Gasteiger partial charge in [-0.25, -0.2) is 0 Å². The van der Waals surface area contributed by atoms with E-state index in [2.05, 4.69) is 5.32 Å². The Kier molecular flexibility index (Phi) is 8.68. The smallest absolute Gasteiger partial charge is 0.242 e. The molecule has 3 aromatic carbocycles. The molecule has 0 radical (unpaired) electrons. The summed E-state index contributed by atoms with van der Waals surface area (Å²) in [6.07, 6.45) is 0.142. The number of aryl methyl sites for hydroxylation is 1. The minimum absolute atomic E-state index is 0.142. The summed E-state index contributed by atoms with van der Waals surface area (Å²) < 4.78 is 10.7. The van der Waals surface area contributed by atoms with Gasteiger partial charge in [-0.05, 0) is 42.7 Å². The van der Waals surface area contributed by atoms with Crippen LogP contribution in [0.4, 0.5) is 0 Å². The normalized spacial score (nSPS) is 11.4. The standard InChI is InChI=1S/C28H32N2O4/c1-20-10-12-22(13-11-20)18-29-28(32)21(2)30(19-23-8-6-5-7-9-23)27(31)17-24-14-15-25(33-3)26(16-24)34-4/h5-16,21H,17-19H2,1-4H3,(H,29,32)/t21-/m0/s1. The van der Waals surface area contributed by atoms with Gasteiger partial charge in [-0.2, -0.15) is 0 Å². The highest BCUT2D eigenvalue weighted by molar-refractivity contribution is 5.88. The van der Waals surface area contributed by atoms with Crippen molar-refractivity contribution in [3.05, 3.63) is 95.1 Å². The molecule has 1 atom stereocenters. The molecule has 178 valence electrons. The molecule has 0 saturated carbocycles. The number of amides is 2. The van der Waals surface area contributed by atoms with Gasteiger partial charge in [0.2, 0.25) is 11.8 Å². The lowest BCUT2D eigenvalue weighted by molar-refractivity contribution is -0.140. The van der Waals surface area contributed by atoms with Gasteiger partial charge in [0.15, 0.2) is 11.5 Å². The van der Waals surface area contributed by atoms with Crippen LogP contribution in [-0.2, 0) is 29.1 Å². The lowest BCUT2D eigenvalue weighted by atomic mass is 10.1. The fourth-order valence-electron chi connectivity index (χ4n) is 3.67. The minimum Gasteiger partial charge on any atom is -0.493 e. The highest BCUT2D eigenvalue weighted by Gasteiger charge is 2.26. The summed E-state index contributed by atoms with van der Waals surface area (Å²) in [5.74, 6) is 0.821. The summed E-state index contributed by atoms with van der Waals surface area (Å²) in [7, 11) is 3.13. The third-order valence-corrected chi connectivity index (χ3v) is 5.75. The Hall–Kier alpha value is -3.80. The largest absolute Gasteiger partial charge is 0.493 e. The highest BCUT2D eigenvalue weighted by atomic mass is 16.5. The Morgan fingerprint density at radius 2 is 1.50 bits per heavy atom. The molecule has 0 fully saturated rings. The van der Waals surface area contributed by atoms with E-state index in [1.54, 1.807) is 38.2 Å². The van der Waals surface area contributed by atoms with Crippen molar-refractivity contribution < 1.29 is 19.1 Å². The molecule has 0 saturated heterocycles. The van der Waals surface area contributed by atoms with Crippen molar-refractivity contribution >= 4 is 11.8 Å². The van der Waals surface area contributed by atoms with E-state index >= 15 is 0 Å². The predicted octanol–water partition coefficient (Wildman–Crippen LogP) is 4.29. The van der Waals surface area contributed by atoms with Crippen molar-refractivity contribution in [3.8, 4) is 11.5 Å². The topological polar surface area (TPSA) is 67.9 Å². The Morgan fingerprint density at radius 1 is 0.853 bits per heavy atom. The van der Waals surface area contributed by atoms with E-state index in [1.807, 2.05) is 67.6 Å². The molecule has 0 aliphatic carbocycles. The Balaban J connectivity index is 1.76. The van der Waals surface area contributed by atoms with Gasteiger partial charge in [-0.3, -0.25) is 9.59 Å². The number of hydrogen-bond acceptors (Lipinski definition) is 4. The second kappa shape index (κ2) is 11.9. The molecule has 0 aliphatic rings. The number of rotatable bonds is 10. The van der Waals surface area contributed by atoms with Crippen LogP contribution in [0.15, 0.2) is 72.8 Å². The fourth-order valence-corrected chi connectivity index (χ4v) is 3.67. The molecule has 6 heteroatoms. The third kappa shape index (κ3) is 6.61. The van der Waals surface area contributed by atoms with E-state index < -0.39 is 6.04 Å². The first kappa shape index (κ1) is 24.8. The molecule has 6 nitrogen and oxygen atoms in total. The van der Waals surface area contributed by atoms with E-state index in [4.69, 9.17) is 9.47 Å². The van der Waals surface area contributed by atoms with Gasteiger partial charge in [0.05, 0.1) is 20.6 Å². The number of nitrogens with one attached hydrogen (secondary N) is 1. The van der Waals surface area contributed by atoms with Crippen LogP contribution < -0.4 is 14.8 Å². The Bertz CT molecular complexity index is 1100. The van der Waals surface area contributed by atoms with Crippen molar-refractivity contribution in [2.24, 2.45) is 0 Å². The molecule has 0 bridgehead atoms. The highest BCUT2D eigenvalue weighted by Crippen LogP contribution is 2.28. The van der Waals surface area contributed by atoms with Gasteiger partial charge in [-0.15, -0.1) is 0 Å². The monoisotopic (exact) mass is 460 g/mol. The summed E-state index contributed by atoms with van der Waals surface area (Å²) in [6, 6.07) is 22.5. The first-order valence-corrected chi connectivity index (χ1v) is 11.3. The number of ether oxygens (including phenoxy) is 2. The number of carbonyl (C=O) groups excluding carboxylic acids is 2. The number of nitrogens with zero attached hydrogens (tertiary/aromatic N) is 1. The van der Waals surface area contributed by atoms with Crippen LogP contribution in [0.5, 0.6) is 11.5 Å². The van der Waals surface area contributed by atoms with E-state index in [1.165, 1.54) is 5.56 Å². The second-order valence-electron chi connectivity index (χ2n) is 8.25. The second-order valence-corrected chi connectivity index (χ2v) is 8.25. The summed E-state index contributed by atoms with van der Waals surface area (Å²) in [4.78, 5) is 28.0. The molecule has 34 heavy (non-hydrogen) atoms. The quantitative estimate of drug-likeness (QED) is 0.490. The van der Waals surface area contributed by atoms with E-state index in [0.29, 0.717) is 24.6 Å². The zero-order valence-electron chi connectivity index (χ0n) is 20.2. The molecule has 0 heterocycles. The van der Waals surface area contributed by atoms with Crippen molar-refractivity contribution in [1.29, 1.82) is 0 Å². The molecule has 3 aromatic rings. The average molecular weight is 461 g/mol. The molecular weight excluding hydrogens is 428 g/mol. The molecular formula is C28H32N2O4. The van der Waals surface area contributed by atoms with Gasteiger partial charge in [0.25, 0.3) is 0 Å². The molecule has 2 amide bonds. The number of carbonyl (C=O) groups is 2. The molecule has 0 unspecified atom stereocenters. The maximum atomic E-state index is 13.4. The molecule has 0 aliphatic heterocycles. The Morgan fingerprint density at radius 3 is 2.15 bits per heavy atom. The maximum absolute atomic E-state index is 13.4. The summed E-state index contributed by atoms with van der Waals surface area (Å²) in [5.41, 5.74) is 3.92. The van der Waals surface area contributed by atoms with Gasteiger partial charge in [-0.1, -0.05) is 66.2 Å². The fraction of sp³-hybridized carbons (Fsp3) is 0.286. The molecule has 3 rings (SSSR count). The van der Waals surface area contributed by atoms with E-state index in [9.17, 15) is 9.59 Å². The van der Waals surface area contributed by atoms with Gasteiger partial charge >= 0.3 is 0 Å². The van der Waals surface area contributed by atoms with Crippen molar-refractivity contribution in [2.45, 2.75) is 39.4 Å². The predicted molar refractivity (Wildman–Crippen MR) is 133 cm³/mol. The molecule has 0 aromatic heterocycles. The van der Waals surface area contributed by atoms with Crippen LogP contribution >= 0.6 is 0 Å². The first-order chi connectivity index (χ1) is 16.4. The van der Waals surface area contributed by atoms with Crippen LogP contribution in [0.25, 0.3) is 0 Å². The van der Waals surface area contributed by atoms with Crippen LogP contribution in [0.1, 0.15) is 29.2 Å². The number of methoxy groups -OCH3 is 2. The lowest BCUT2D eigenvalue weighted by Crippen LogP contribution is -2.47. The lowest BCUT2D eigenvalue weighted by Gasteiger charge is -2.29. The SMILES string of the molecule is COc1ccc(CC(=O)N(Cc2ccccc2)[C@@H](C)C(=O)NCc2ccc(C)cc2)cc1OC. The average Bonchev–Trinajstić information content (AvgIpc) is 2.86. The van der Waals surface area contributed by atoms with Crippen LogP contribution in [0.3, 0.4) is 0 Å². The van der Waals surface area contributed by atoms with E-state index in [0.717, 1.165) is 16.7 Å². The van der Waals surface area contributed by atoms with Crippen molar-refractivity contribution in [2.75, 3.05) is 14.2 Å². The van der Waals surface area contributed by atoms with Crippen LogP contribution in [0.2, 0.25) is 0 Å². The number of hydrogen-bond donors (Lipinski definition) is 1. The van der Waals surface area contributed by atoms with Crippen LogP contribution in [0, 0.1) is 6.92 Å². The summed E-state index contributed by atoms with van der Waals surface area (Å²) >= 11 is 0. The third-order valence-electron chi connectivity index (χ3n) is 5.75.